The molecule has 1 N–H and O–H groups in total. The molecule has 4 atom stereocenters. The van der Waals surface area contributed by atoms with Crippen molar-refractivity contribution in [3.8, 4) is 0 Å². The summed E-state index contributed by atoms with van der Waals surface area (Å²) in [6, 6.07) is 1.34. The maximum atomic E-state index is 10.1. The number of aliphatic hydroxyl groups is 1. The van der Waals surface area contributed by atoms with Gasteiger partial charge in [0, 0.05) is 12.1 Å². The third kappa shape index (κ3) is 1.72. The predicted octanol–water partition coefficient (Wildman–Crippen LogP) is 2.16. The molecule has 1 heterocycles. The van der Waals surface area contributed by atoms with Gasteiger partial charge in [-0.2, -0.15) is 0 Å². The second-order valence-electron chi connectivity index (χ2n) is 5.70. The van der Waals surface area contributed by atoms with Crippen LogP contribution in [0.1, 0.15) is 51.4 Å². The second-order valence-corrected chi connectivity index (χ2v) is 5.70. The molecule has 0 aromatic rings. The molecule has 86 valence electrons. The second kappa shape index (κ2) is 4.06. The highest BCUT2D eigenvalue weighted by Crippen LogP contribution is 2.41. The average molecular weight is 209 g/mol. The first-order valence-electron chi connectivity index (χ1n) is 6.80. The largest absolute Gasteiger partial charge is 0.391 e. The zero-order valence-corrected chi connectivity index (χ0v) is 9.57. The van der Waals surface area contributed by atoms with Gasteiger partial charge in [0.25, 0.3) is 0 Å². The SMILES string of the molecule is O[C@@H]1CCCC[C@H]1N1CC[C@H]2CCC[C@H]21. The van der Waals surface area contributed by atoms with E-state index in [1.54, 1.807) is 0 Å². The van der Waals surface area contributed by atoms with Crippen LogP contribution in [0, 0.1) is 5.92 Å². The molecule has 0 amide bonds. The molecule has 1 saturated heterocycles. The van der Waals surface area contributed by atoms with Gasteiger partial charge in [-0.1, -0.05) is 19.3 Å². The van der Waals surface area contributed by atoms with Crippen LogP contribution in [0.25, 0.3) is 0 Å². The highest BCUT2D eigenvalue weighted by molar-refractivity contribution is 4.97. The van der Waals surface area contributed by atoms with E-state index in [4.69, 9.17) is 0 Å². The van der Waals surface area contributed by atoms with Gasteiger partial charge in [-0.05, 0) is 44.6 Å². The van der Waals surface area contributed by atoms with Crippen molar-refractivity contribution in [1.82, 2.24) is 4.90 Å². The molecule has 2 heteroatoms. The van der Waals surface area contributed by atoms with Gasteiger partial charge < -0.3 is 5.11 Å². The quantitative estimate of drug-likeness (QED) is 0.715. The van der Waals surface area contributed by atoms with E-state index in [1.807, 2.05) is 0 Å². The monoisotopic (exact) mass is 209 g/mol. The number of nitrogens with zero attached hydrogens (tertiary/aromatic N) is 1. The van der Waals surface area contributed by atoms with Crippen LogP contribution in [-0.4, -0.2) is 34.7 Å². The topological polar surface area (TPSA) is 23.5 Å². The molecule has 1 aliphatic heterocycles. The van der Waals surface area contributed by atoms with E-state index in [-0.39, 0.29) is 6.10 Å². The minimum Gasteiger partial charge on any atom is -0.391 e. The average Bonchev–Trinajstić information content (AvgIpc) is 2.80. The van der Waals surface area contributed by atoms with Gasteiger partial charge in [-0.15, -0.1) is 0 Å². The Labute approximate surface area is 92.7 Å². The van der Waals surface area contributed by atoms with E-state index in [0.29, 0.717) is 6.04 Å². The van der Waals surface area contributed by atoms with Crippen LogP contribution in [0.5, 0.6) is 0 Å². The summed E-state index contributed by atoms with van der Waals surface area (Å²) in [5, 5.41) is 10.1. The Hall–Kier alpha value is -0.0800. The summed E-state index contributed by atoms with van der Waals surface area (Å²) in [6.45, 7) is 1.26. The van der Waals surface area contributed by atoms with Crippen molar-refractivity contribution in [3.63, 3.8) is 0 Å². The van der Waals surface area contributed by atoms with Crippen LogP contribution in [0.15, 0.2) is 0 Å². The molecule has 0 unspecified atom stereocenters. The van der Waals surface area contributed by atoms with Crippen LogP contribution in [0.3, 0.4) is 0 Å². The van der Waals surface area contributed by atoms with Crippen LogP contribution >= 0.6 is 0 Å². The molecule has 3 rings (SSSR count). The Balaban J connectivity index is 1.70. The number of hydrogen-bond donors (Lipinski definition) is 1. The van der Waals surface area contributed by atoms with Crippen LogP contribution in [0.2, 0.25) is 0 Å². The van der Waals surface area contributed by atoms with Crippen molar-refractivity contribution in [3.05, 3.63) is 0 Å². The smallest absolute Gasteiger partial charge is 0.0695 e. The van der Waals surface area contributed by atoms with Crippen LogP contribution in [0.4, 0.5) is 0 Å². The van der Waals surface area contributed by atoms with Gasteiger partial charge in [-0.3, -0.25) is 4.90 Å². The van der Waals surface area contributed by atoms with E-state index in [2.05, 4.69) is 4.90 Å². The fraction of sp³-hybridized carbons (Fsp3) is 1.00. The number of aliphatic hydroxyl groups excluding tert-OH is 1. The Morgan fingerprint density at radius 2 is 1.60 bits per heavy atom. The normalized spacial score (nSPS) is 47.0. The lowest BCUT2D eigenvalue weighted by atomic mass is 9.90. The fourth-order valence-corrected chi connectivity index (χ4v) is 4.16. The summed E-state index contributed by atoms with van der Waals surface area (Å²) < 4.78 is 0. The predicted molar refractivity (Wildman–Crippen MR) is 60.7 cm³/mol. The summed E-state index contributed by atoms with van der Waals surface area (Å²) in [4.78, 5) is 2.67. The van der Waals surface area contributed by atoms with Crippen molar-refractivity contribution < 1.29 is 5.11 Å². The van der Waals surface area contributed by atoms with Gasteiger partial charge in [0.1, 0.15) is 0 Å². The van der Waals surface area contributed by atoms with Crippen molar-refractivity contribution in [2.24, 2.45) is 5.92 Å². The highest BCUT2D eigenvalue weighted by Gasteiger charge is 2.42. The highest BCUT2D eigenvalue weighted by atomic mass is 16.3. The fourth-order valence-electron chi connectivity index (χ4n) is 4.16. The van der Waals surface area contributed by atoms with Gasteiger partial charge in [-0.25, -0.2) is 0 Å². The third-order valence-electron chi connectivity index (χ3n) is 4.92. The van der Waals surface area contributed by atoms with Crippen LogP contribution in [-0.2, 0) is 0 Å². The van der Waals surface area contributed by atoms with Crippen molar-refractivity contribution in [2.45, 2.75) is 69.6 Å². The van der Waals surface area contributed by atoms with E-state index >= 15 is 0 Å². The minimum absolute atomic E-state index is 0.0295. The molecule has 3 fully saturated rings. The Morgan fingerprint density at radius 3 is 2.47 bits per heavy atom. The maximum absolute atomic E-state index is 10.1. The van der Waals surface area contributed by atoms with Crippen molar-refractivity contribution in [2.75, 3.05) is 6.54 Å². The molecular formula is C13H23NO. The molecule has 0 spiro atoms. The number of rotatable bonds is 1. The molecule has 0 radical (unpaired) electrons. The first-order valence-corrected chi connectivity index (χ1v) is 6.80. The van der Waals surface area contributed by atoms with Crippen molar-refractivity contribution >= 4 is 0 Å². The number of likely N-dealkylation sites (tertiary alicyclic amines) is 1. The lowest BCUT2D eigenvalue weighted by molar-refractivity contribution is 0.0117. The Morgan fingerprint density at radius 1 is 0.800 bits per heavy atom. The molecule has 0 aromatic carbocycles. The summed E-state index contributed by atoms with van der Waals surface area (Å²) in [6.07, 6.45) is 10.5. The summed E-state index contributed by atoms with van der Waals surface area (Å²) in [5.74, 6) is 0.971. The van der Waals surface area contributed by atoms with E-state index in [0.717, 1.165) is 18.4 Å². The third-order valence-corrected chi connectivity index (χ3v) is 4.92. The molecule has 0 bridgehead atoms. The van der Waals surface area contributed by atoms with Crippen LogP contribution < -0.4 is 0 Å². The standard InChI is InChI=1S/C13H23NO/c15-13-7-2-1-5-12(13)14-9-8-10-4-3-6-11(10)14/h10-13,15H,1-9H2/t10-,11-,12-,13-/m1/s1. The number of hydrogen-bond acceptors (Lipinski definition) is 2. The maximum Gasteiger partial charge on any atom is 0.0695 e. The molecular weight excluding hydrogens is 186 g/mol. The van der Waals surface area contributed by atoms with Gasteiger partial charge >= 0.3 is 0 Å². The lowest BCUT2D eigenvalue weighted by Gasteiger charge is -2.38. The Kier molecular flexibility index (Phi) is 2.73. The molecule has 0 aromatic heterocycles. The van der Waals surface area contributed by atoms with E-state index in [1.165, 1.54) is 51.5 Å². The molecule has 15 heavy (non-hydrogen) atoms. The summed E-state index contributed by atoms with van der Waals surface area (Å²) in [7, 11) is 0. The van der Waals surface area contributed by atoms with E-state index < -0.39 is 0 Å². The summed E-state index contributed by atoms with van der Waals surface area (Å²) >= 11 is 0. The van der Waals surface area contributed by atoms with Gasteiger partial charge in [0.05, 0.1) is 6.10 Å². The minimum atomic E-state index is -0.0295. The molecule has 2 nitrogen and oxygen atoms in total. The molecule has 2 saturated carbocycles. The van der Waals surface area contributed by atoms with Crippen molar-refractivity contribution in [1.29, 1.82) is 0 Å². The first kappa shape index (κ1) is 10.1. The van der Waals surface area contributed by atoms with Gasteiger partial charge in [0.15, 0.2) is 0 Å². The Bertz CT molecular complexity index is 231. The van der Waals surface area contributed by atoms with Gasteiger partial charge in [0.2, 0.25) is 0 Å². The van der Waals surface area contributed by atoms with E-state index in [9.17, 15) is 5.11 Å². The first-order chi connectivity index (χ1) is 7.36. The zero-order valence-electron chi connectivity index (χ0n) is 9.57. The summed E-state index contributed by atoms with van der Waals surface area (Å²) in [5.41, 5.74) is 0. The molecule has 2 aliphatic carbocycles. The number of fused-ring (bicyclic) bond motifs is 1. The lowest BCUT2D eigenvalue weighted by Crippen LogP contribution is -2.47. The molecule has 3 aliphatic rings. The zero-order chi connectivity index (χ0) is 10.3.